The van der Waals surface area contributed by atoms with Crippen LogP contribution in [0.25, 0.3) is 5.57 Å². The number of hydrogen-bond donors (Lipinski definition) is 2. The highest BCUT2D eigenvalue weighted by Crippen LogP contribution is 2.38. The van der Waals surface area contributed by atoms with Gasteiger partial charge >= 0.3 is 6.03 Å². The van der Waals surface area contributed by atoms with Crippen LogP contribution in [0.1, 0.15) is 38.7 Å². The molecule has 0 saturated carbocycles. The lowest BCUT2D eigenvalue weighted by molar-refractivity contribution is 0.0830. The van der Waals surface area contributed by atoms with E-state index in [1.807, 2.05) is 13.0 Å². The first-order valence-corrected chi connectivity index (χ1v) is 14.7. The van der Waals surface area contributed by atoms with Crippen molar-refractivity contribution in [2.45, 2.75) is 50.2 Å². The number of carbonyl (C=O) groups excluding carboxylic acids is 1. The Morgan fingerprint density at radius 1 is 1.18 bits per heavy atom. The fourth-order valence-corrected chi connectivity index (χ4v) is 6.95. The Bertz CT molecular complexity index is 1380. The zero-order valence-corrected chi connectivity index (χ0v) is 23.2. The minimum atomic E-state index is -3.93. The Labute approximate surface area is 229 Å². The third-order valence-electron chi connectivity index (χ3n) is 7.50. The van der Waals surface area contributed by atoms with Crippen molar-refractivity contribution in [3.05, 3.63) is 48.0 Å². The lowest BCUT2D eigenvalue weighted by Gasteiger charge is -2.37. The maximum Gasteiger partial charge on any atom is 0.321 e. The van der Waals surface area contributed by atoms with Gasteiger partial charge in [-0.1, -0.05) is 19.1 Å². The molecule has 3 atom stereocenters. The average Bonchev–Trinajstić information content (AvgIpc) is 3.62. The van der Waals surface area contributed by atoms with Crippen molar-refractivity contribution in [2.24, 2.45) is 5.92 Å². The van der Waals surface area contributed by atoms with Crippen LogP contribution in [0.4, 0.5) is 10.5 Å². The fraction of sp³-hybridized carbons (Fsp3) is 0.464. The molecular formula is C28H35N3O7S. The number of benzene rings is 2. The quantitative estimate of drug-likeness (QED) is 0.553. The number of hydrogen-bond acceptors (Lipinski definition) is 7. The molecule has 0 bridgehead atoms. The monoisotopic (exact) mass is 557 g/mol. The van der Waals surface area contributed by atoms with E-state index >= 15 is 0 Å². The molecule has 5 rings (SSSR count). The molecule has 2 heterocycles. The maximum absolute atomic E-state index is 13.7. The predicted molar refractivity (Wildman–Crippen MR) is 147 cm³/mol. The van der Waals surface area contributed by atoms with Crippen molar-refractivity contribution in [1.82, 2.24) is 9.21 Å². The molecule has 39 heavy (non-hydrogen) atoms. The summed E-state index contributed by atoms with van der Waals surface area (Å²) < 4.78 is 45.9. The van der Waals surface area contributed by atoms with Gasteiger partial charge in [0.05, 0.1) is 13.2 Å². The molecule has 2 aliphatic heterocycles. The third kappa shape index (κ3) is 5.57. The summed E-state index contributed by atoms with van der Waals surface area (Å²) >= 11 is 0. The molecule has 11 heteroatoms. The number of sulfonamides is 1. The molecule has 0 aromatic heterocycles. The molecule has 0 radical (unpaired) electrons. The van der Waals surface area contributed by atoms with Gasteiger partial charge in [-0.2, -0.15) is 4.31 Å². The predicted octanol–water partition coefficient (Wildman–Crippen LogP) is 3.92. The summed E-state index contributed by atoms with van der Waals surface area (Å²) in [6.07, 6.45) is 4.66. The summed E-state index contributed by atoms with van der Waals surface area (Å²) in [4.78, 5) is 14.7. The van der Waals surface area contributed by atoms with Gasteiger partial charge in [-0.25, -0.2) is 13.2 Å². The summed E-state index contributed by atoms with van der Waals surface area (Å²) in [7, 11) is -2.26. The molecule has 1 aliphatic carbocycles. The van der Waals surface area contributed by atoms with Crippen molar-refractivity contribution in [3.8, 4) is 17.2 Å². The number of amides is 2. The van der Waals surface area contributed by atoms with Gasteiger partial charge in [0.25, 0.3) is 0 Å². The number of anilines is 1. The summed E-state index contributed by atoms with van der Waals surface area (Å²) in [5.74, 6) is 1.17. The highest BCUT2D eigenvalue weighted by molar-refractivity contribution is 7.89. The van der Waals surface area contributed by atoms with Gasteiger partial charge < -0.3 is 29.5 Å². The summed E-state index contributed by atoms with van der Waals surface area (Å²) in [6, 6.07) is 9.44. The SMILES string of the molecule is C[C@H](CO)N1C[C@H](C)[C@H](CN(C)C(=O)Nc2ccc3c(c2)OCO3)Oc2cc(C3=CCCC3)ccc2S1(=O)=O. The second kappa shape index (κ2) is 11.1. The number of urea groups is 1. The van der Waals surface area contributed by atoms with Crippen LogP contribution in [0, 0.1) is 5.92 Å². The molecule has 2 amide bonds. The molecule has 2 N–H and O–H groups in total. The highest BCUT2D eigenvalue weighted by atomic mass is 32.2. The highest BCUT2D eigenvalue weighted by Gasteiger charge is 2.38. The number of rotatable bonds is 6. The van der Waals surface area contributed by atoms with E-state index in [-0.39, 0.29) is 49.1 Å². The second-order valence-corrected chi connectivity index (χ2v) is 12.3. The summed E-state index contributed by atoms with van der Waals surface area (Å²) in [5.41, 5.74) is 2.67. The van der Waals surface area contributed by atoms with Crippen LogP contribution >= 0.6 is 0 Å². The Morgan fingerprint density at radius 2 is 1.97 bits per heavy atom. The second-order valence-electron chi connectivity index (χ2n) is 10.4. The van der Waals surface area contributed by atoms with E-state index in [4.69, 9.17) is 14.2 Å². The van der Waals surface area contributed by atoms with Crippen LogP contribution in [0.3, 0.4) is 0 Å². The first-order valence-electron chi connectivity index (χ1n) is 13.2. The van der Waals surface area contributed by atoms with E-state index in [1.165, 1.54) is 14.8 Å². The van der Waals surface area contributed by atoms with E-state index in [9.17, 15) is 18.3 Å². The van der Waals surface area contributed by atoms with Crippen LogP contribution in [0.2, 0.25) is 0 Å². The molecule has 0 unspecified atom stereocenters. The number of nitrogens with zero attached hydrogens (tertiary/aromatic N) is 2. The van der Waals surface area contributed by atoms with Crippen molar-refractivity contribution in [1.29, 1.82) is 0 Å². The van der Waals surface area contributed by atoms with Gasteiger partial charge in [-0.15, -0.1) is 0 Å². The van der Waals surface area contributed by atoms with Crippen LogP contribution in [-0.4, -0.2) is 74.4 Å². The van der Waals surface area contributed by atoms with Gasteiger partial charge in [0.15, 0.2) is 11.5 Å². The Kier molecular flexibility index (Phi) is 7.75. The number of aliphatic hydroxyl groups excluding tert-OH is 1. The van der Waals surface area contributed by atoms with Gasteiger partial charge in [-0.05, 0) is 61.6 Å². The number of carbonyl (C=O) groups is 1. The van der Waals surface area contributed by atoms with E-state index < -0.39 is 22.2 Å². The number of allylic oxidation sites excluding steroid dienone is 2. The number of nitrogens with one attached hydrogen (secondary N) is 1. The van der Waals surface area contributed by atoms with Crippen molar-refractivity contribution in [3.63, 3.8) is 0 Å². The normalized spacial score (nSPS) is 22.6. The maximum atomic E-state index is 13.7. The van der Waals surface area contributed by atoms with Crippen molar-refractivity contribution >= 4 is 27.3 Å². The van der Waals surface area contributed by atoms with Gasteiger partial charge in [0.2, 0.25) is 16.8 Å². The van der Waals surface area contributed by atoms with Crippen LogP contribution in [-0.2, 0) is 10.0 Å². The molecule has 2 aromatic carbocycles. The lowest BCUT2D eigenvalue weighted by Crippen LogP contribution is -2.50. The van der Waals surface area contributed by atoms with Crippen molar-refractivity contribution < 1.29 is 32.5 Å². The van der Waals surface area contributed by atoms with Crippen LogP contribution < -0.4 is 19.5 Å². The topological polar surface area (TPSA) is 118 Å². The zero-order valence-electron chi connectivity index (χ0n) is 22.4. The number of likely N-dealkylation sites (N-methyl/N-ethyl adjacent to an activating group) is 1. The molecule has 3 aliphatic rings. The molecule has 10 nitrogen and oxygen atoms in total. The van der Waals surface area contributed by atoms with Crippen molar-refractivity contribution in [2.75, 3.05) is 38.9 Å². The Morgan fingerprint density at radius 3 is 2.72 bits per heavy atom. The minimum absolute atomic E-state index is 0.0644. The van der Waals surface area contributed by atoms with Crippen LogP contribution in [0.15, 0.2) is 47.4 Å². The van der Waals surface area contributed by atoms with E-state index in [0.717, 1.165) is 24.8 Å². The Hall–Kier alpha value is -3.28. The smallest absolute Gasteiger partial charge is 0.321 e. The van der Waals surface area contributed by atoms with E-state index in [1.54, 1.807) is 44.3 Å². The molecule has 2 aromatic rings. The van der Waals surface area contributed by atoms with E-state index in [0.29, 0.717) is 17.2 Å². The van der Waals surface area contributed by atoms with Gasteiger partial charge in [0, 0.05) is 37.3 Å². The number of ether oxygens (including phenoxy) is 3. The first kappa shape index (κ1) is 27.3. The largest absolute Gasteiger partial charge is 0.487 e. The molecular weight excluding hydrogens is 522 g/mol. The molecule has 0 saturated heterocycles. The lowest BCUT2D eigenvalue weighted by atomic mass is 10.0. The van der Waals surface area contributed by atoms with Gasteiger partial charge in [-0.3, -0.25) is 0 Å². The first-order chi connectivity index (χ1) is 18.7. The standard InChI is InChI=1S/C28H35N3O7S/c1-18-14-31(19(2)16-32)39(34,35)27-11-8-21(20-6-4-5-7-20)12-25(27)38-26(18)15-30(3)28(33)29-22-9-10-23-24(13-22)37-17-36-23/h6,8-13,18-19,26,32H,4-5,7,14-17H2,1-3H3,(H,29,33)/t18-,19+,26-/m0/s1. The van der Waals surface area contributed by atoms with E-state index in [2.05, 4.69) is 11.4 Å². The molecule has 210 valence electrons. The number of fused-ring (bicyclic) bond motifs is 2. The summed E-state index contributed by atoms with van der Waals surface area (Å²) in [5, 5.41) is 12.7. The molecule has 0 spiro atoms. The summed E-state index contributed by atoms with van der Waals surface area (Å²) in [6.45, 7) is 3.77. The minimum Gasteiger partial charge on any atom is -0.487 e. The van der Waals surface area contributed by atoms with Crippen LogP contribution in [0.5, 0.6) is 17.2 Å². The zero-order chi connectivity index (χ0) is 27.7. The number of aliphatic hydroxyl groups is 1. The fourth-order valence-electron chi connectivity index (χ4n) is 5.12. The average molecular weight is 558 g/mol. The molecule has 0 fully saturated rings. The third-order valence-corrected chi connectivity index (χ3v) is 9.52. The van der Waals surface area contributed by atoms with Gasteiger partial charge in [0.1, 0.15) is 16.7 Å². The Balaban J connectivity index is 1.41.